The van der Waals surface area contributed by atoms with Crippen LogP contribution in [0, 0.1) is 0 Å². The van der Waals surface area contributed by atoms with Crippen molar-refractivity contribution >= 4 is 0 Å². The molecule has 0 unspecified atom stereocenters. The molecule has 0 bridgehead atoms. The Balaban J connectivity index is 1.93. The molecule has 1 rings (SSSR count). The van der Waals surface area contributed by atoms with Crippen LogP contribution in [0.25, 0.3) is 0 Å². The van der Waals surface area contributed by atoms with E-state index in [-0.39, 0.29) is 0 Å². The average Bonchev–Trinajstić information content (AvgIpc) is 2.29. The van der Waals surface area contributed by atoms with Crippen LogP contribution in [-0.4, -0.2) is 20.2 Å². The van der Waals surface area contributed by atoms with E-state index in [0.29, 0.717) is 0 Å². The van der Waals surface area contributed by atoms with Gasteiger partial charge in [-0.2, -0.15) is 0 Å². The van der Waals surface area contributed by atoms with Gasteiger partial charge in [-0.1, -0.05) is 31.0 Å². The number of ether oxygens (including phenoxy) is 1. The second-order valence-electron chi connectivity index (χ2n) is 3.68. The van der Waals surface area contributed by atoms with Crippen molar-refractivity contribution in [2.45, 2.75) is 25.7 Å². The zero-order valence-corrected chi connectivity index (χ0v) is 9.54. The van der Waals surface area contributed by atoms with Gasteiger partial charge in [-0.15, -0.1) is 0 Å². The minimum absolute atomic E-state index is 0.837. The molecule has 0 heterocycles. The highest BCUT2D eigenvalue weighted by molar-refractivity contribution is 5.20. The van der Waals surface area contributed by atoms with Gasteiger partial charge in [0.2, 0.25) is 0 Å². The van der Waals surface area contributed by atoms with E-state index in [1.165, 1.54) is 19.3 Å². The first-order valence-electron chi connectivity index (χ1n) is 5.76. The Morgan fingerprint density at radius 3 is 2.47 bits per heavy atom. The number of rotatable bonds is 8. The Hall–Kier alpha value is -1.02. The van der Waals surface area contributed by atoms with Crippen LogP contribution in [0.1, 0.15) is 25.7 Å². The lowest BCUT2D eigenvalue weighted by Crippen LogP contribution is -2.07. The van der Waals surface area contributed by atoms with Crippen LogP contribution in [0.5, 0.6) is 5.75 Å². The summed E-state index contributed by atoms with van der Waals surface area (Å²) in [4.78, 5) is 0. The van der Waals surface area contributed by atoms with Gasteiger partial charge in [-0.05, 0) is 38.6 Å². The highest BCUT2D eigenvalue weighted by Gasteiger charge is 1.92. The molecular formula is C13H21NO. The van der Waals surface area contributed by atoms with Crippen molar-refractivity contribution < 1.29 is 4.74 Å². The van der Waals surface area contributed by atoms with Gasteiger partial charge in [-0.3, -0.25) is 0 Å². The molecular weight excluding hydrogens is 186 g/mol. The normalized spacial score (nSPS) is 10.2. The molecule has 0 aliphatic heterocycles. The molecule has 1 N–H and O–H groups in total. The van der Waals surface area contributed by atoms with Gasteiger partial charge in [0, 0.05) is 0 Å². The molecule has 1 aromatic rings. The standard InChI is InChI=1S/C13H21NO/c1-14-11-7-2-3-8-12-15-13-9-5-4-6-10-13/h4-6,9-10,14H,2-3,7-8,11-12H2,1H3. The summed E-state index contributed by atoms with van der Waals surface area (Å²) in [6.45, 7) is 1.96. The monoisotopic (exact) mass is 207 g/mol. The molecule has 0 aromatic heterocycles. The van der Waals surface area contributed by atoms with Crippen LogP contribution < -0.4 is 10.1 Å². The van der Waals surface area contributed by atoms with Crippen LogP contribution in [0.15, 0.2) is 30.3 Å². The molecule has 84 valence electrons. The maximum absolute atomic E-state index is 5.60. The van der Waals surface area contributed by atoms with E-state index in [2.05, 4.69) is 5.32 Å². The predicted octanol–water partition coefficient (Wildman–Crippen LogP) is 2.85. The summed E-state index contributed by atoms with van der Waals surface area (Å²) in [6.07, 6.45) is 4.97. The van der Waals surface area contributed by atoms with Crippen LogP contribution >= 0.6 is 0 Å². The summed E-state index contributed by atoms with van der Waals surface area (Å²) >= 11 is 0. The summed E-state index contributed by atoms with van der Waals surface area (Å²) in [5.74, 6) is 0.979. The Labute approximate surface area is 92.6 Å². The molecule has 0 saturated heterocycles. The molecule has 2 nitrogen and oxygen atoms in total. The average molecular weight is 207 g/mol. The Bertz CT molecular complexity index is 236. The van der Waals surface area contributed by atoms with E-state index in [1.807, 2.05) is 37.4 Å². The maximum atomic E-state index is 5.60. The first-order valence-corrected chi connectivity index (χ1v) is 5.76. The molecule has 1 aromatic carbocycles. The second-order valence-corrected chi connectivity index (χ2v) is 3.68. The summed E-state index contributed by atoms with van der Waals surface area (Å²) < 4.78 is 5.60. The van der Waals surface area contributed by atoms with Gasteiger partial charge in [0.15, 0.2) is 0 Å². The number of hydrogen-bond acceptors (Lipinski definition) is 2. The summed E-state index contributed by atoms with van der Waals surface area (Å²) in [5, 5.41) is 3.15. The molecule has 0 aliphatic carbocycles. The molecule has 0 amide bonds. The molecule has 0 radical (unpaired) electrons. The summed E-state index contributed by atoms with van der Waals surface area (Å²) in [6, 6.07) is 10.0. The van der Waals surface area contributed by atoms with E-state index < -0.39 is 0 Å². The minimum atomic E-state index is 0.837. The third-order valence-corrected chi connectivity index (χ3v) is 2.33. The Morgan fingerprint density at radius 2 is 1.73 bits per heavy atom. The van der Waals surface area contributed by atoms with Crippen molar-refractivity contribution in [2.24, 2.45) is 0 Å². The highest BCUT2D eigenvalue weighted by Crippen LogP contribution is 2.09. The largest absolute Gasteiger partial charge is 0.494 e. The van der Waals surface area contributed by atoms with Crippen molar-refractivity contribution in [1.29, 1.82) is 0 Å². The zero-order chi connectivity index (χ0) is 10.8. The lowest BCUT2D eigenvalue weighted by Gasteiger charge is -2.05. The van der Waals surface area contributed by atoms with Gasteiger partial charge in [0.05, 0.1) is 6.61 Å². The van der Waals surface area contributed by atoms with Crippen molar-refractivity contribution in [3.8, 4) is 5.75 Å². The first kappa shape index (κ1) is 12.1. The topological polar surface area (TPSA) is 21.3 Å². The van der Waals surface area contributed by atoms with Crippen molar-refractivity contribution in [1.82, 2.24) is 5.32 Å². The molecule has 2 heteroatoms. The number of unbranched alkanes of at least 4 members (excludes halogenated alkanes) is 3. The van der Waals surface area contributed by atoms with Crippen LogP contribution in [0.2, 0.25) is 0 Å². The lowest BCUT2D eigenvalue weighted by molar-refractivity contribution is 0.304. The number of para-hydroxylation sites is 1. The number of hydrogen-bond donors (Lipinski definition) is 1. The van der Waals surface area contributed by atoms with Gasteiger partial charge in [-0.25, -0.2) is 0 Å². The molecule has 0 aliphatic rings. The van der Waals surface area contributed by atoms with Crippen molar-refractivity contribution in [3.63, 3.8) is 0 Å². The Kier molecular flexibility index (Phi) is 6.67. The van der Waals surface area contributed by atoms with E-state index in [0.717, 1.165) is 25.3 Å². The fourth-order valence-electron chi connectivity index (χ4n) is 1.46. The van der Waals surface area contributed by atoms with E-state index >= 15 is 0 Å². The van der Waals surface area contributed by atoms with E-state index in [1.54, 1.807) is 0 Å². The van der Waals surface area contributed by atoms with Crippen molar-refractivity contribution in [2.75, 3.05) is 20.2 Å². The zero-order valence-electron chi connectivity index (χ0n) is 9.54. The third kappa shape index (κ3) is 6.13. The molecule has 0 fully saturated rings. The Morgan fingerprint density at radius 1 is 1.00 bits per heavy atom. The minimum Gasteiger partial charge on any atom is -0.494 e. The van der Waals surface area contributed by atoms with E-state index in [9.17, 15) is 0 Å². The molecule has 15 heavy (non-hydrogen) atoms. The predicted molar refractivity (Wildman–Crippen MR) is 64.3 cm³/mol. The van der Waals surface area contributed by atoms with Gasteiger partial charge >= 0.3 is 0 Å². The fraction of sp³-hybridized carbons (Fsp3) is 0.538. The second kappa shape index (κ2) is 8.30. The molecule has 0 atom stereocenters. The van der Waals surface area contributed by atoms with E-state index in [4.69, 9.17) is 4.74 Å². The van der Waals surface area contributed by atoms with Gasteiger partial charge in [0.1, 0.15) is 5.75 Å². The van der Waals surface area contributed by atoms with Crippen LogP contribution in [-0.2, 0) is 0 Å². The van der Waals surface area contributed by atoms with Gasteiger partial charge in [0.25, 0.3) is 0 Å². The van der Waals surface area contributed by atoms with Crippen LogP contribution in [0.3, 0.4) is 0 Å². The fourth-order valence-corrected chi connectivity index (χ4v) is 1.46. The number of benzene rings is 1. The first-order chi connectivity index (χ1) is 7.43. The maximum Gasteiger partial charge on any atom is 0.119 e. The summed E-state index contributed by atoms with van der Waals surface area (Å²) in [7, 11) is 2.00. The number of nitrogens with one attached hydrogen (secondary N) is 1. The lowest BCUT2D eigenvalue weighted by atomic mass is 10.2. The quantitative estimate of drug-likeness (QED) is 0.662. The van der Waals surface area contributed by atoms with Gasteiger partial charge < -0.3 is 10.1 Å². The molecule has 0 saturated carbocycles. The SMILES string of the molecule is CNCCCCCCOc1ccccc1. The highest BCUT2D eigenvalue weighted by atomic mass is 16.5. The summed E-state index contributed by atoms with van der Waals surface area (Å²) in [5.41, 5.74) is 0. The van der Waals surface area contributed by atoms with Crippen molar-refractivity contribution in [3.05, 3.63) is 30.3 Å². The van der Waals surface area contributed by atoms with Crippen LogP contribution in [0.4, 0.5) is 0 Å². The molecule has 0 spiro atoms. The third-order valence-electron chi connectivity index (χ3n) is 2.33. The smallest absolute Gasteiger partial charge is 0.119 e.